The fourth-order valence-electron chi connectivity index (χ4n) is 1.85. The Kier molecular flexibility index (Phi) is 3.30. The zero-order valence-electron chi connectivity index (χ0n) is 9.46. The van der Waals surface area contributed by atoms with Crippen molar-refractivity contribution in [2.45, 2.75) is 13.5 Å². The number of hydrogen-bond acceptors (Lipinski definition) is 3. The lowest BCUT2D eigenvalue weighted by molar-refractivity contribution is -0.132. The lowest BCUT2D eigenvalue weighted by Crippen LogP contribution is -2.47. The largest absolute Gasteiger partial charge is 0.334 e. The average Bonchev–Trinajstić information content (AvgIpc) is 2.48. The van der Waals surface area contributed by atoms with Crippen LogP contribution in [0.15, 0.2) is 4.47 Å². The van der Waals surface area contributed by atoms with Crippen LogP contribution in [0.2, 0.25) is 0 Å². The molecule has 0 unspecified atom stereocenters. The number of amides is 1. The molecule has 1 aliphatic heterocycles. The predicted octanol–water partition coefficient (Wildman–Crippen LogP) is 0.423. The second kappa shape index (κ2) is 4.55. The molecule has 1 fully saturated rings. The summed E-state index contributed by atoms with van der Waals surface area (Å²) < 4.78 is 2.83. The molecule has 0 aliphatic carbocycles. The number of hydrogen-bond donors (Lipinski definition) is 1. The molecule has 0 spiro atoms. The van der Waals surface area contributed by atoms with E-state index < -0.39 is 0 Å². The van der Waals surface area contributed by atoms with E-state index in [2.05, 4.69) is 26.3 Å². The van der Waals surface area contributed by atoms with Crippen LogP contribution in [0.25, 0.3) is 0 Å². The maximum Gasteiger partial charge on any atom is 0.236 e. The summed E-state index contributed by atoms with van der Waals surface area (Å²) in [4.78, 5) is 13.5. The minimum Gasteiger partial charge on any atom is -0.334 e. The van der Waals surface area contributed by atoms with Crippen LogP contribution >= 0.6 is 15.9 Å². The van der Waals surface area contributed by atoms with Gasteiger partial charge in [-0.1, -0.05) is 0 Å². The maximum absolute atomic E-state index is 11.6. The number of rotatable bonds is 2. The van der Waals surface area contributed by atoms with Gasteiger partial charge in [-0.05, 0) is 22.9 Å². The Morgan fingerprint density at radius 3 is 2.88 bits per heavy atom. The second-order valence-corrected chi connectivity index (χ2v) is 4.75. The predicted molar refractivity (Wildman–Crippen MR) is 63.9 cm³/mol. The van der Waals surface area contributed by atoms with Gasteiger partial charge in [-0.2, -0.15) is 5.10 Å². The maximum atomic E-state index is 11.6. The van der Waals surface area contributed by atoms with Crippen LogP contribution in [0.1, 0.15) is 11.4 Å². The van der Waals surface area contributed by atoms with Gasteiger partial charge in [0.2, 0.25) is 5.91 Å². The summed E-state index contributed by atoms with van der Waals surface area (Å²) in [7, 11) is 1.90. The van der Waals surface area contributed by atoms with Gasteiger partial charge in [-0.25, -0.2) is 0 Å². The lowest BCUT2D eigenvalue weighted by atomic mass is 10.3. The zero-order valence-corrected chi connectivity index (χ0v) is 11.0. The molecule has 1 N–H and O–H groups in total. The number of aromatic nitrogens is 2. The van der Waals surface area contributed by atoms with Crippen molar-refractivity contribution in [1.82, 2.24) is 20.0 Å². The topological polar surface area (TPSA) is 50.2 Å². The van der Waals surface area contributed by atoms with Crippen LogP contribution in [-0.4, -0.2) is 40.2 Å². The fourth-order valence-corrected chi connectivity index (χ4v) is 2.31. The van der Waals surface area contributed by atoms with E-state index in [1.807, 2.05) is 23.6 Å². The monoisotopic (exact) mass is 286 g/mol. The van der Waals surface area contributed by atoms with Crippen molar-refractivity contribution in [3.63, 3.8) is 0 Å². The summed E-state index contributed by atoms with van der Waals surface area (Å²) >= 11 is 3.51. The Morgan fingerprint density at radius 1 is 1.56 bits per heavy atom. The molecular formula is C10H15BrN4O. The van der Waals surface area contributed by atoms with Crippen molar-refractivity contribution in [2.24, 2.45) is 7.05 Å². The van der Waals surface area contributed by atoms with E-state index in [1.165, 1.54) is 0 Å². The standard InChI is InChI=1S/C10H15BrN4O/c1-7-10(11)8(14(2)13-7)6-15-4-3-12-5-9(15)16/h12H,3-6H2,1-2H3. The van der Waals surface area contributed by atoms with E-state index in [0.717, 1.165) is 29.0 Å². The van der Waals surface area contributed by atoms with E-state index in [1.54, 1.807) is 0 Å². The number of carbonyl (C=O) groups excluding carboxylic acids is 1. The van der Waals surface area contributed by atoms with E-state index in [0.29, 0.717) is 13.1 Å². The summed E-state index contributed by atoms with van der Waals surface area (Å²) in [6, 6.07) is 0. The van der Waals surface area contributed by atoms with Crippen LogP contribution in [0.5, 0.6) is 0 Å². The van der Waals surface area contributed by atoms with Crippen LogP contribution in [0.4, 0.5) is 0 Å². The van der Waals surface area contributed by atoms with Crippen LogP contribution in [0.3, 0.4) is 0 Å². The molecule has 1 aromatic rings. The third-order valence-corrected chi connectivity index (χ3v) is 3.82. The number of halogens is 1. The van der Waals surface area contributed by atoms with E-state index in [-0.39, 0.29) is 5.91 Å². The van der Waals surface area contributed by atoms with Crippen molar-refractivity contribution in [1.29, 1.82) is 0 Å². The number of nitrogens with zero attached hydrogens (tertiary/aromatic N) is 3. The fraction of sp³-hybridized carbons (Fsp3) is 0.600. The highest BCUT2D eigenvalue weighted by Gasteiger charge is 2.21. The molecule has 6 heteroatoms. The first-order chi connectivity index (χ1) is 7.59. The average molecular weight is 287 g/mol. The van der Waals surface area contributed by atoms with Gasteiger partial charge in [0, 0.05) is 20.1 Å². The molecule has 2 heterocycles. The summed E-state index contributed by atoms with van der Waals surface area (Å²) in [5.41, 5.74) is 2.01. The molecule has 1 saturated heterocycles. The number of nitrogens with one attached hydrogen (secondary N) is 1. The summed E-state index contributed by atoms with van der Waals surface area (Å²) in [5, 5.41) is 7.38. The van der Waals surface area contributed by atoms with Gasteiger partial charge < -0.3 is 10.2 Å². The van der Waals surface area contributed by atoms with Crippen molar-refractivity contribution < 1.29 is 4.79 Å². The Hall–Kier alpha value is -0.880. The molecule has 2 rings (SSSR count). The van der Waals surface area contributed by atoms with Gasteiger partial charge in [0.05, 0.1) is 29.0 Å². The quantitative estimate of drug-likeness (QED) is 0.858. The summed E-state index contributed by atoms with van der Waals surface area (Å²) in [6.45, 7) is 4.63. The van der Waals surface area contributed by atoms with Gasteiger partial charge >= 0.3 is 0 Å². The summed E-state index contributed by atoms with van der Waals surface area (Å²) in [6.07, 6.45) is 0. The lowest BCUT2D eigenvalue weighted by Gasteiger charge is -2.27. The molecule has 16 heavy (non-hydrogen) atoms. The summed E-state index contributed by atoms with van der Waals surface area (Å²) in [5.74, 6) is 0.150. The normalized spacial score (nSPS) is 16.9. The van der Waals surface area contributed by atoms with Gasteiger partial charge in [-0.15, -0.1) is 0 Å². The van der Waals surface area contributed by atoms with E-state index in [4.69, 9.17) is 0 Å². The first kappa shape index (κ1) is 11.6. The van der Waals surface area contributed by atoms with Crippen molar-refractivity contribution in [3.05, 3.63) is 15.9 Å². The highest BCUT2D eigenvalue weighted by molar-refractivity contribution is 9.10. The van der Waals surface area contributed by atoms with Crippen molar-refractivity contribution in [3.8, 4) is 0 Å². The van der Waals surface area contributed by atoms with Crippen LogP contribution in [0, 0.1) is 6.92 Å². The molecule has 1 aromatic heterocycles. The number of aryl methyl sites for hydroxylation is 2. The number of carbonyl (C=O) groups is 1. The minimum atomic E-state index is 0.150. The van der Waals surface area contributed by atoms with E-state index >= 15 is 0 Å². The molecule has 1 amide bonds. The Labute approximate surface area is 103 Å². The first-order valence-corrected chi connectivity index (χ1v) is 6.05. The van der Waals surface area contributed by atoms with Gasteiger partial charge in [0.1, 0.15) is 0 Å². The molecule has 0 aromatic carbocycles. The minimum absolute atomic E-state index is 0.150. The Balaban J connectivity index is 2.16. The van der Waals surface area contributed by atoms with Gasteiger partial charge in [-0.3, -0.25) is 9.48 Å². The third-order valence-electron chi connectivity index (χ3n) is 2.79. The van der Waals surface area contributed by atoms with Crippen LogP contribution in [-0.2, 0) is 18.4 Å². The Morgan fingerprint density at radius 2 is 2.31 bits per heavy atom. The molecule has 0 atom stereocenters. The zero-order chi connectivity index (χ0) is 11.7. The highest BCUT2D eigenvalue weighted by atomic mass is 79.9. The molecular weight excluding hydrogens is 272 g/mol. The smallest absolute Gasteiger partial charge is 0.236 e. The molecule has 0 radical (unpaired) electrons. The van der Waals surface area contributed by atoms with Crippen LogP contribution < -0.4 is 5.32 Å². The number of piperazine rings is 1. The second-order valence-electron chi connectivity index (χ2n) is 3.96. The van der Waals surface area contributed by atoms with Crippen molar-refractivity contribution in [2.75, 3.05) is 19.6 Å². The molecule has 5 nitrogen and oxygen atoms in total. The van der Waals surface area contributed by atoms with E-state index in [9.17, 15) is 4.79 Å². The molecule has 0 bridgehead atoms. The van der Waals surface area contributed by atoms with Crippen molar-refractivity contribution >= 4 is 21.8 Å². The molecule has 1 aliphatic rings. The third kappa shape index (κ3) is 2.12. The molecule has 88 valence electrons. The SMILES string of the molecule is Cc1nn(C)c(CN2CCNCC2=O)c1Br. The Bertz CT molecular complexity index is 415. The first-order valence-electron chi connectivity index (χ1n) is 5.26. The molecule has 0 saturated carbocycles. The highest BCUT2D eigenvalue weighted by Crippen LogP contribution is 2.21. The van der Waals surface area contributed by atoms with Gasteiger partial charge in [0.15, 0.2) is 0 Å². The van der Waals surface area contributed by atoms with Gasteiger partial charge in [0.25, 0.3) is 0 Å².